The van der Waals surface area contributed by atoms with Crippen LogP contribution < -0.4 is 10.6 Å². The highest BCUT2D eigenvalue weighted by Gasteiger charge is 2.22. The molecule has 3 aromatic rings. The van der Waals surface area contributed by atoms with E-state index >= 15 is 0 Å². The fraction of sp³-hybridized carbons (Fsp3) is 0.292. The summed E-state index contributed by atoms with van der Waals surface area (Å²) in [5, 5.41) is 5.95. The molecule has 0 saturated carbocycles. The lowest BCUT2D eigenvalue weighted by Gasteiger charge is -2.21. The number of hydrogen-bond donors (Lipinski definition) is 2. The second-order valence-corrected chi connectivity index (χ2v) is 8.75. The van der Waals surface area contributed by atoms with E-state index < -0.39 is 5.97 Å². The first-order valence-corrected chi connectivity index (χ1v) is 11.2. The first-order valence-electron chi connectivity index (χ1n) is 10.4. The number of hydrogen-bond acceptors (Lipinski definition) is 7. The second-order valence-electron chi connectivity index (χ2n) is 7.53. The van der Waals surface area contributed by atoms with Gasteiger partial charge in [0, 0.05) is 24.0 Å². The summed E-state index contributed by atoms with van der Waals surface area (Å²) in [6.07, 6.45) is 1.59. The van der Waals surface area contributed by atoms with Gasteiger partial charge < -0.3 is 19.8 Å². The Labute approximate surface area is 196 Å². The van der Waals surface area contributed by atoms with Gasteiger partial charge in [0.25, 0.3) is 5.91 Å². The van der Waals surface area contributed by atoms with Crippen LogP contribution in [0.2, 0.25) is 0 Å². The maximum atomic E-state index is 12.9. The number of esters is 1. The van der Waals surface area contributed by atoms with Crippen LogP contribution in [0.4, 0.5) is 5.00 Å². The molecule has 0 aliphatic heterocycles. The number of nitrogens with zero attached hydrogens (tertiary/aromatic N) is 1. The van der Waals surface area contributed by atoms with Gasteiger partial charge in [-0.05, 0) is 49.2 Å². The van der Waals surface area contributed by atoms with Crippen molar-refractivity contribution < 1.29 is 23.5 Å². The van der Waals surface area contributed by atoms with Gasteiger partial charge in [0.05, 0.1) is 32.0 Å². The first-order chi connectivity index (χ1) is 15.8. The summed E-state index contributed by atoms with van der Waals surface area (Å²) in [6.45, 7) is 4.69. The van der Waals surface area contributed by atoms with Gasteiger partial charge in [0.15, 0.2) is 0 Å². The predicted molar refractivity (Wildman–Crippen MR) is 126 cm³/mol. The lowest BCUT2D eigenvalue weighted by molar-refractivity contribution is -0.117. The van der Waals surface area contributed by atoms with Gasteiger partial charge >= 0.3 is 5.97 Å². The number of thiophene rings is 1. The largest absolute Gasteiger partial charge is 0.468 e. The summed E-state index contributed by atoms with van der Waals surface area (Å²) >= 11 is 1.35. The van der Waals surface area contributed by atoms with E-state index in [9.17, 15) is 14.4 Å². The van der Waals surface area contributed by atoms with Crippen LogP contribution in [-0.4, -0.2) is 43.4 Å². The number of carbonyl (C=O) groups is 3. The number of ether oxygens (including phenoxy) is 1. The lowest BCUT2D eigenvalue weighted by atomic mass is 10.1. The Hall–Kier alpha value is -3.43. The maximum Gasteiger partial charge on any atom is 0.341 e. The number of anilines is 1. The average molecular weight is 470 g/mol. The van der Waals surface area contributed by atoms with Gasteiger partial charge in [0.2, 0.25) is 5.91 Å². The van der Waals surface area contributed by atoms with Gasteiger partial charge in [-0.1, -0.05) is 12.1 Å². The fourth-order valence-electron chi connectivity index (χ4n) is 3.39. The topological polar surface area (TPSA) is 101 Å². The summed E-state index contributed by atoms with van der Waals surface area (Å²) in [5.41, 5.74) is 2.69. The minimum Gasteiger partial charge on any atom is -0.468 e. The minimum atomic E-state index is -0.476. The van der Waals surface area contributed by atoms with Gasteiger partial charge in [0.1, 0.15) is 10.8 Å². The summed E-state index contributed by atoms with van der Waals surface area (Å²) < 4.78 is 10.3. The van der Waals surface area contributed by atoms with Crippen molar-refractivity contribution in [3.05, 3.63) is 75.6 Å². The molecule has 0 spiro atoms. The third-order valence-electron chi connectivity index (χ3n) is 5.20. The molecule has 0 saturated heterocycles. The zero-order valence-electron chi connectivity index (χ0n) is 19.1. The summed E-state index contributed by atoms with van der Waals surface area (Å²) in [7, 11) is 2.91. The van der Waals surface area contributed by atoms with Crippen molar-refractivity contribution in [2.75, 3.05) is 26.0 Å². The van der Waals surface area contributed by atoms with E-state index in [0.717, 1.165) is 21.8 Å². The molecule has 0 aliphatic rings. The maximum absolute atomic E-state index is 12.9. The molecule has 9 heteroatoms. The molecule has 2 aromatic heterocycles. The SMILES string of the molecule is CNC(=O)c1ccc(CN(CC(=O)Nc2sc(C)c(C)c2C(=O)OC)Cc2ccco2)cc1. The molecule has 3 rings (SSSR count). The Balaban J connectivity index is 1.75. The summed E-state index contributed by atoms with van der Waals surface area (Å²) in [5.74, 6) is -0.162. The highest BCUT2D eigenvalue weighted by Crippen LogP contribution is 2.33. The number of furan rings is 1. The van der Waals surface area contributed by atoms with Crippen molar-refractivity contribution in [2.24, 2.45) is 0 Å². The van der Waals surface area contributed by atoms with E-state index in [0.29, 0.717) is 29.2 Å². The molecule has 0 atom stereocenters. The molecule has 0 radical (unpaired) electrons. The Morgan fingerprint density at radius 3 is 2.42 bits per heavy atom. The second kappa shape index (κ2) is 10.9. The van der Waals surface area contributed by atoms with Gasteiger partial charge in [-0.15, -0.1) is 11.3 Å². The van der Waals surface area contributed by atoms with Gasteiger partial charge in [-0.3, -0.25) is 14.5 Å². The van der Waals surface area contributed by atoms with Crippen LogP contribution in [0.15, 0.2) is 47.1 Å². The third-order valence-corrected chi connectivity index (χ3v) is 6.33. The fourth-order valence-corrected chi connectivity index (χ4v) is 4.45. The first kappa shape index (κ1) is 24.2. The number of benzene rings is 1. The van der Waals surface area contributed by atoms with Crippen LogP contribution in [0.3, 0.4) is 0 Å². The average Bonchev–Trinajstić information content (AvgIpc) is 3.40. The van der Waals surface area contributed by atoms with E-state index in [-0.39, 0.29) is 18.4 Å². The lowest BCUT2D eigenvalue weighted by Crippen LogP contribution is -2.32. The van der Waals surface area contributed by atoms with Crippen LogP contribution >= 0.6 is 11.3 Å². The zero-order chi connectivity index (χ0) is 24.0. The van der Waals surface area contributed by atoms with Crippen LogP contribution in [0, 0.1) is 13.8 Å². The summed E-state index contributed by atoms with van der Waals surface area (Å²) in [6, 6.07) is 10.9. The van der Waals surface area contributed by atoms with Crippen molar-refractivity contribution in [3.8, 4) is 0 Å². The van der Waals surface area contributed by atoms with Crippen LogP contribution in [0.25, 0.3) is 0 Å². The van der Waals surface area contributed by atoms with E-state index in [4.69, 9.17) is 9.15 Å². The smallest absolute Gasteiger partial charge is 0.341 e. The van der Waals surface area contributed by atoms with E-state index in [1.54, 1.807) is 31.5 Å². The Morgan fingerprint density at radius 1 is 1.09 bits per heavy atom. The van der Waals surface area contributed by atoms with Crippen molar-refractivity contribution in [2.45, 2.75) is 26.9 Å². The molecule has 8 nitrogen and oxygen atoms in total. The van der Waals surface area contributed by atoms with Crippen LogP contribution in [0.5, 0.6) is 0 Å². The number of nitrogens with one attached hydrogen (secondary N) is 2. The van der Waals surface area contributed by atoms with Gasteiger partial charge in [-0.2, -0.15) is 0 Å². The van der Waals surface area contributed by atoms with Crippen molar-refractivity contribution in [1.82, 2.24) is 10.2 Å². The molecular formula is C24H27N3O5S. The molecule has 0 fully saturated rings. The monoisotopic (exact) mass is 469 g/mol. The highest BCUT2D eigenvalue weighted by atomic mass is 32.1. The van der Waals surface area contributed by atoms with Gasteiger partial charge in [-0.25, -0.2) is 4.79 Å². The molecule has 2 heterocycles. The molecule has 2 N–H and O–H groups in total. The standard InChI is InChI=1S/C24H27N3O5S/c1-15-16(2)33-23(21(15)24(30)31-4)26-20(28)14-27(13-19-6-5-11-32-19)12-17-7-9-18(10-8-17)22(29)25-3/h5-11H,12-14H2,1-4H3,(H,25,29)(H,26,28). The van der Waals surface area contributed by atoms with E-state index in [1.807, 2.05) is 36.9 Å². The molecule has 0 aliphatic carbocycles. The molecule has 33 heavy (non-hydrogen) atoms. The van der Waals surface area contributed by atoms with E-state index in [1.165, 1.54) is 18.4 Å². The summed E-state index contributed by atoms with van der Waals surface area (Å²) in [4.78, 5) is 39.8. The number of aryl methyl sites for hydroxylation is 1. The third kappa shape index (κ3) is 6.09. The number of methoxy groups -OCH3 is 1. The molecular weight excluding hydrogens is 442 g/mol. The number of carbonyl (C=O) groups excluding carboxylic acids is 3. The minimum absolute atomic E-state index is 0.0779. The molecule has 174 valence electrons. The number of rotatable bonds is 9. The van der Waals surface area contributed by atoms with Crippen LogP contribution in [-0.2, 0) is 22.6 Å². The van der Waals surface area contributed by atoms with E-state index in [2.05, 4.69) is 10.6 Å². The van der Waals surface area contributed by atoms with Crippen molar-refractivity contribution in [3.63, 3.8) is 0 Å². The van der Waals surface area contributed by atoms with Crippen molar-refractivity contribution >= 4 is 34.1 Å². The normalized spacial score (nSPS) is 10.8. The molecule has 0 bridgehead atoms. The van der Waals surface area contributed by atoms with Crippen molar-refractivity contribution in [1.29, 1.82) is 0 Å². The molecule has 0 unspecified atom stereocenters. The predicted octanol–water partition coefficient (Wildman–Crippen LogP) is 3.75. The molecule has 2 amide bonds. The molecule has 1 aromatic carbocycles. The quantitative estimate of drug-likeness (QED) is 0.463. The van der Waals surface area contributed by atoms with Crippen LogP contribution in [0.1, 0.15) is 42.5 Å². The number of amides is 2. The Kier molecular flexibility index (Phi) is 8.02. The Morgan fingerprint density at radius 2 is 1.82 bits per heavy atom. The Bertz CT molecular complexity index is 1120. The zero-order valence-corrected chi connectivity index (χ0v) is 19.9. The highest BCUT2D eigenvalue weighted by molar-refractivity contribution is 7.16.